The van der Waals surface area contributed by atoms with Crippen molar-refractivity contribution in [2.45, 2.75) is 95.5 Å². The van der Waals surface area contributed by atoms with Gasteiger partial charge in [0.1, 0.15) is 27.8 Å². The molecule has 0 amide bonds. The molecular formula is C31H41NO7S2. The van der Waals surface area contributed by atoms with E-state index >= 15 is 0 Å². The summed E-state index contributed by atoms with van der Waals surface area (Å²) in [5.41, 5.74) is 1.08. The van der Waals surface area contributed by atoms with Gasteiger partial charge in [0.25, 0.3) is 0 Å². The van der Waals surface area contributed by atoms with E-state index < -0.39 is 27.3 Å². The fraction of sp³-hybridized carbons (Fsp3) is 0.516. The van der Waals surface area contributed by atoms with Gasteiger partial charge in [0.2, 0.25) is 0 Å². The second-order valence-corrected chi connectivity index (χ2v) is 14.5. The zero-order chi connectivity index (χ0) is 30.0. The summed E-state index contributed by atoms with van der Waals surface area (Å²) in [5, 5.41) is 21.3. The Morgan fingerprint density at radius 2 is 1.85 bits per heavy atom. The van der Waals surface area contributed by atoms with Crippen LogP contribution in [0.3, 0.4) is 0 Å². The minimum absolute atomic E-state index is 0.0154. The van der Waals surface area contributed by atoms with E-state index in [-0.39, 0.29) is 41.0 Å². The Hall–Kier alpha value is -2.69. The van der Waals surface area contributed by atoms with Gasteiger partial charge in [-0.25, -0.2) is 4.79 Å². The minimum Gasteiger partial charge on any atom is -0.511 e. The number of aromatic hydroxyl groups is 1. The molecule has 1 fully saturated rings. The maximum absolute atomic E-state index is 13.6. The maximum atomic E-state index is 13.6. The lowest BCUT2D eigenvalue weighted by molar-refractivity contribution is -0.166. The number of aryl methyl sites for hydroxylation is 2. The van der Waals surface area contributed by atoms with Crippen LogP contribution in [0.25, 0.3) is 0 Å². The number of nitrogens with one attached hydrogen (secondary N) is 1. The molecule has 0 radical (unpaired) electrons. The van der Waals surface area contributed by atoms with E-state index in [1.807, 2.05) is 26.8 Å². The lowest BCUT2D eigenvalue weighted by Crippen LogP contribution is -2.45. The van der Waals surface area contributed by atoms with Gasteiger partial charge in [0, 0.05) is 17.9 Å². The number of aliphatic hydroxyl groups excluding tert-OH is 1. The van der Waals surface area contributed by atoms with Crippen LogP contribution in [0.2, 0.25) is 0 Å². The van der Waals surface area contributed by atoms with Crippen LogP contribution < -0.4 is 8.91 Å². The van der Waals surface area contributed by atoms with Gasteiger partial charge >= 0.3 is 16.3 Å². The Bertz CT molecular complexity index is 1420. The molecule has 41 heavy (non-hydrogen) atoms. The van der Waals surface area contributed by atoms with Crippen LogP contribution in [0.15, 0.2) is 52.0 Å². The predicted molar refractivity (Wildman–Crippen MR) is 160 cm³/mol. The molecular weight excluding hydrogens is 562 g/mol. The SMILES string of the molecule is CCNS(=O)(=O)Oc1cc(C(C)(C)C)c(SC2=C(O)CC(CCc3cccc(O)c3)(C3CCCC3)OC2=O)cc1C. The van der Waals surface area contributed by atoms with Gasteiger partial charge in [0.15, 0.2) is 0 Å². The molecule has 1 aliphatic heterocycles. The highest BCUT2D eigenvalue weighted by molar-refractivity contribution is 8.04. The Labute approximate surface area is 247 Å². The van der Waals surface area contributed by atoms with E-state index in [1.54, 1.807) is 44.2 Å². The molecule has 2 aliphatic rings. The standard InChI is InChI=1S/C31H41NO7S2/c1-6-32-41(36,37)39-26-18-24(30(3,4)5)27(16-20(26)2)40-28-25(34)19-31(38-29(28)35,22-11-7-8-12-22)15-14-21-10-9-13-23(33)17-21/h9-10,13,16-18,22,32-34H,6-8,11-12,14-15,19H2,1-5H3. The molecule has 3 N–H and O–H groups in total. The highest BCUT2D eigenvalue weighted by atomic mass is 32.2. The summed E-state index contributed by atoms with van der Waals surface area (Å²) in [4.78, 5) is 14.5. The average molecular weight is 604 g/mol. The lowest BCUT2D eigenvalue weighted by atomic mass is 9.77. The average Bonchev–Trinajstić information content (AvgIpc) is 3.42. The Morgan fingerprint density at radius 3 is 2.46 bits per heavy atom. The highest BCUT2D eigenvalue weighted by Crippen LogP contribution is 2.49. The molecule has 2 aromatic carbocycles. The summed E-state index contributed by atoms with van der Waals surface area (Å²) in [5.74, 6) is 0.0209. The highest BCUT2D eigenvalue weighted by Gasteiger charge is 2.48. The first-order chi connectivity index (χ1) is 19.2. The number of rotatable bonds is 10. The van der Waals surface area contributed by atoms with Gasteiger partial charge in [0.05, 0.1) is 0 Å². The number of hydrogen-bond acceptors (Lipinski definition) is 8. The first kappa shape index (κ1) is 31.3. The van der Waals surface area contributed by atoms with Crippen LogP contribution in [0.1, 0.15) is 82.9 Å². The smallest absolute Gasteiger partial charge is 0.382 e. The van der Waals surface area contributed by atoms with Gasteiger partial charge in [-0.05, 0) is 84.9 Å². The Balaban J connectivity index is 1.65. The summed E-state index contributed by atoms with van der Waals surface area (Å²) in [7, 11) is -3.97. The topological polar surface area (TPSA) is 122 Å². The molecule has 2 aromatic rings. The molecule has 0 saturated heterocycles. The third-order valence-electron chi connectivity index (χ3n) is 7.87. The van der Waals surface area contributed by atoms with Gasteiger partial charge < -0.3 is 19.1 Å². The number of phenolic OH excluding ortho intramolecular Hbond substituents is 1. The van der Waals surface area contributed by atoms with E-state index in [2.05, 4.69) is 4.72 Å². The molecule has 10 heteroatoms. The van der Waals surface area contributed by atoms with Crippen molar-refractivity contribution >= 4 is 28.0 Å². The molecule has 8 nitrogen and oxygen atoms in total. The molecule has 224 valence electrons. The van der Waals surface area contributed by atoms with Crippen LogP contribution in [0, 0.1) is 12.8 Å². The van der Waals surface area contributed by atoms with Crippen molar-refractivity contribution in [1.82, 2.24) is 4.72 Å². The van der Waals surface area contributed by atoms with Crippen molar-refractivity contribution < 1.29 is 32.3 Å². The van der Waals surface area contributed by atoms with E-state index in [0.29, 0.717) is 18.4 Å². The van der Waals surface area contributed by atoms with Crippen molar-refractivity contribution in [3.8, 4) is 11.5 Å². The number of hydrogen-bond donors (Lipinski definition) is 3. The molecule has 1 atom stereocenters. The van der Waals surface area contributed by atoms with E-state index in [4.69, 9.17) is 8.92 Å². The molecule has 1 aliphatic carbocycles. The van der Waals surface area contributed by atoms with Crippen molar-refractivity contribution in [3.05, 3.63) is 63.8 Å². The molecule has 1 heterocycles. The molecule has 1 unspecified atom stereocenters. The quantitative estimate of drug-likeness (QED) is 0.260. The molecule has 0 bridgehead atoms. The second-order valence-electron chi connectivity index (χ2n) is 12.1. The summed E-state index contributed by atoms with van der Waals surface area (Å²) in [6.07, 6.45) is 5.40. The van der Waals surface area contributed by atoms with Gasteiger partial charge in [-0.2, -0.15) is 13.1 Å². The number of carbonyl (C=O) groups excluding carboxylic acids is 1. The maximum Gasteiger partial charge on any atom is 0.382 e. The number of esters is 1. The van der Waals surface area contributed by atoms with Gasteiger partial charge in [-0.3, -0.25) is 0 Å². The van der Waals surface area contributed by atoms with E-state index in [9.17, 15) is 23.4 Å². The number of cyclic esters (lactones) is 1. The number of phenols is 1. The lowest BCUT2D eigenvalue weighted by Gasteiger charge is -2.41. The fourth-order valence-electron chi connectivity index (χ4n) is 5.80. The number of thioether (sulfide) groups is 1. The van der Waals surface area contributed by atoms with E-state index in [0.717, 1.165) is 53.5 Å². The van der Waals surface area contributed by atoms with E-state index in [1.165, 1.54) is 0 Å². The van der Waals surface area contributed by atoms with Gasteiger partial charge in [-0.15, -0.1) is 0 Å². The first-order valence-electron chi connectivity index (χ1n) is 14.2. The molecule has 4 rings (SSSR count). The molecule has 0 spiro atoms. The zero-order valence-electron chi connectivity index (χ0n) is 24.5. The molecule has 1 saturated carbocycles. The Kier molecular flexibility index (Phi) is 9.35. The van der Waals surface area contributed by atoms with Crippen LogP contribution in [-0.4, -0.2) is 36.7 Å². The largest absolute Gasteiger partial charge is 0.511 e. The summed E-state index contributed by atoms with van der Waals surface area (Å²) < 4.78 is 38.5. The Morgan fingerprint density at radius 1 is 1.15 bits per heavy atom. The second kappa shape index (κ2) is 12.3. The number of ether oxygens (including phenoxy) is 1. The summed E-state index contributed by atoms with van der Waals surface area (Å²) in [6.45, 7) is 9.59. The summed E-state index contributed by atoms with van der Waals surface area (Å²) >= 11 is 1.15. The van der Waals surface area contributed by atoms with Crippen molar-refractivity contribution in [3.63, 3.8) is 0 Å². The van der Waals surface area contributed by atoms with Gasteiger partial charge in [-0.1, -0.05) is 64.4 Å². The normalized spacial score (nSPS) is 20.4. The van der Waals surface area contributed by atoms with Crippen molar-refractivity contribution in [1.29, 1.82) is 0 Å². The summed E-state index contributed by atoms with van der Waals surface area (Å²) in [6, 6.07) is 10.6. The molecule has 0 aromatic heterocycles. The van der Waals surface area contributed by atoms with Crippen molar-refractivity contribution in [2.75, 3.05) is 6.54 Å². The monoisotopic (exact) mass is 603 g/mol. The third-order valence-corrected chi connectivity index (χ3v) is 10.1. The number of carbonyl (C=O) groups is 1. The van der Waals surface area contributed by atoms with Crippen LogP contribution in [-0.2, 0) is 31.7 Å². The fourth-order valence-corrected chi connectivity index (χ4v) is 7.87. The number of benzene rings is 2. The zero-order valence-corrected chi connectivity index (χ0v) is 26.1. The van der Waals surface area contributed by atoms with Crippen molar-refractivity contribution in [2.24, 2.45) is 5.92 Å². The van der Waals surface area contributed by atoms with Crippen LogP contribution in [0.4, 0.5) is 0 Å². The minimum atomic E-state index is -3.97. The first-order valence-corrected chi connectivity index (χ1v) is 16.4. The number of aliphatic hydroxyl groups is 1. The van der Waals surface area contributed by atoms with Crippen LogP contribution in [0.5, 0.6) is 11.5 Å². The van der Waals surface area contributed by atoms with Crippen LogP contribution >= 0.6 is 11.8 Å². The third kappa shape index (κ3) is 7.40. The predicted octanol–water partition coefficient (Wildman–Crippen LogP) is 6.60.